The van der Waals surface area contributed by atoms with E-state index in [0.717, 1.165) is 12.8 Å². The van der Waals surface area contributed by atoms with Crippen LogP contribution in [0.15, 0.2) is 84.9 Å². The minimum atomic E-state index is 0. The van der Waals surface area contributed by atoms with Crippen molar-refractivity contribution in [3.8, 4) is 22.3 Å². The van der Waals surface area contributed by atoms with Gasteiger partial charge in [-0.25, -0.2) is 0 Å². The zero-order chi connectivity index (χ0) is 19.9. The number of halogens is 2. The van der Waals surface area contributed by atoms with Gasteiger partial charge in [0.1, 0.15) is 0 Å². The third kappa shape index (κ3) is 7.32. The van der Waals surface area contributed by atoms with Crippen LogP contribution in [0, 0.1) is 13.8 Å². The summed E-state index contributed by atoms with van der Waals surface area (Å²) in [6.07, 6.45) is 2.22. The third-order valence-electron chi connectivity index (χ3n) is 5.44. The molecule has 0 amide bonds. The molecular formula is C28H30Cl2Zr. The van der Waals surface area contributed by atoms with Gasteiger partial charge in [0.2, 0.25) is 0 Å². The SMILES string of the molecule is CCc1ccc[c-]1-c1ccccc1C.CCc1ccc[c-]1-c1ccccc1C.[Cl-].[Cl-].[Zr+4]. The fourth-order valence-corrected chi connectivity index (χ4v) is 3.81. The Bertz CT molecular complexity index is 943. The fourth-order valence-electron chi connectivity index (χ4n) is 3.81. The second kappa shape index (κ2) is 14.6. The van der Waals surface area contributed by atoms with Crippen LogP contribution in [-0.2, 0) is 39.0 Å². The van der Waals surface area contributed by atoms with Crippen molar-refractivity contribution in [2.45, 2.75) is 40.5 Å². The number of aryl methyl sites for hydroxylation is 4. The molecule has 0 atom stereocenters. The number of hydrogen-bond donors (Lipinski definition) is 0. The molecule has 0 bridgehead atoms. The van der Waals surface area contributed by atoms with Gasteiger partial charge in [-0.2, -0.15) is 12.1 Å². The van der Waals surface area contributed by atoms with Crippen molar-refractivity contribution in [1.29, 1.82) is 0 Å². The Balaban J connectivity index is 0.000000529. The van der Waals surface area contributed by atoms with Crippen LogP contribution in [0.25, 0.3) is 22.3 Å². The Morgan fingerprint density at radius 3 is 1.23 bits per heavy atom. The van der Waals surface area contributed by atoms with Crippen LogP contribution in [0.3, 0.4) is 0 Å². The molecule has 0 saturated heterocycles. The zero-order valence-electron chi connectivity index (χ0n) is 18.8. The molecule has 0 aromatic heterocycles. The monoisotopic (exact) mass is 526 g/mol. The first-order chi connectivity index (χ1) is 13.7. The molecule has 0 aliphatic rings. The van der Waals surface area contributed by atoms with E-state index in [1.807, 2.05) is 0 Å². The Kier molecular flexibility index (Phi) is 14.0. The van der Waals surface area contributed by atoms with Gasteiger partial charge in [-0.15, -0.1) is 69.8 Å². The summed E-state index contributed by atoms with van der Waals surface area (Å²) in [4.78, 5) is 0. The Hall–Kier alpha value is -1.40. The number of rotatable bonds is 4. The topological polar surface area (TPSA) is 0 Å². The van der Waals surface area contributed by atoms with Gasteiger partial charge < -0.3 is 24.8 Å². The van der Waals surface area contributed by atoms with Gasteiger partial charge in [0.05, 0.1) is 0 Å². The number of benzene rings is 2. The summed E-state index contributed by atoms with van der Waals surface area (Å²) in [6.45, 7) is 8.75. The zero-order valence-corrected chi connectivity index (χ0v) is 22.7. The summed E-state index contributed by atoms with van der Waals surface area (Å²) >= 11 is 0. The first kappa shape index (κ1) is 29.6. The van der Waals surface area contributed by atoms with E-state index in [2.05, 4.69) is 113 Å². The van der Waals surface area contributed by atoms with Gasteiger partial charge in [-0.3, -0.25) is 0 Å². The maximum Gasteiger partial charge on any atom is 4.00 e. The predicted octanol–water partition coefficient (Wildman–Crippen LogP) is 1.89. The molecule has 4 rings (SSSR count). The molecule has 3 heteroatoms. The van der Waals surface area contributed by atoms with Crippen LogP contribution in [0.1, 0.15) is 36.1 Å². The first-order valence-electron chi connectivity index (χ1n) is 10.3. The van der Waals surface area contributed by atoms with Crippen LogP contribution in [0.4, 0.5) is 0 Å². The van der Waals surface area contributed by atoms with E-state index in [4.69, 9.17) is 0 Å². The molecule has 0 radical (unpaired) electrons. The molecule has 0 fully saturated rings. The second-order valence-electron chi connectivity index (χ2n) is 7.27. The van der Waals surface area contributed by atoms with Gasteiger partial charge in [0, 0.05) is 0 Å². The molecule has 0 unspecified atom stereocenters. The van der Waals surface area contributed by atoms with Crippen molar-refractivity contribution in [3.05, 3.63) is 107 Å². The first-order valence-corrected chi connectivity index (χ1v) is 10.3. The molecule has 0 aliphatic carbocycles. The smallest absolute Gasteiger partial charge is 1.00 e. The largest absolute Gasteiger partial charge is 4.00 e. The fraction of sp³-hybridized carbons (Fsp3) is 0.214. The Morgan fingerprint density at radius 2 is 0.903 bits per heavy atom. The van der Waals surface area contributed by atoms with Crippen LogP contribution in [0.2, 0.25) is 0 Å². The van der Waals surface area contributed by atoms with Gasteiger partial charge in [0.25, 0.3) is 0 Å². The molecule has 0 spiro atoms. The summed E-state index contributed by atoms with van der Waals surface area (Å²) in [5.41, 5.74) is 11.1. The van der Waals surface area contributed by atoms with Crippen LogP contribution in [0.5, 0.6) is 0 Å². The summed E-state index contributed by atoms with van der Waals surface area (Å²) in [6, 6.07) is 30.2. The molecule has 0 aliphatic heterocycles. The van der Waals surface area contributed by atoms with E-state index < -0.39 is 0 Å². The van der Waals surface area contributed by atoms with Gasteiger partial charge in [-0.1, -0.05) is 75.2 Å². The standard InChI is InChI=1S/2C14H15.2ClH.Zr/c2*1-3-12-8-6-10-14(12)13-9-5-4-7-11(13)2;;;/h2*4-10H,3H2,1-2H3;2*1H;/q2*-1;;;+4/p-2. The normalized spacial score (nSPS) is 9.42. The van der Waals surface area contributed by atoms with Crippen molar-refractivity contribution in [2.24, 2.45) is 0 Å². The van der Waals surface area contributed by atoms with Crippen LogP contribution < -0.4 is 24.8 Å². The van der Waals surface area contributed by atoms with E-state index in [0.29, 0.717) is 0 Å². The minimum absolute atomic E-state index is 0. The molecule has 0 heterocycles. The Morgan fingerprint density at radius 1 is 0.548 bits per heavy atom. The average Bonchev–Trinajstić information content (AvgIpc) is 3.38. The van der Waals surface area contributed by atoms with Crippen LogP contribution >= 0.6 is 0 Å². The molecule has 160 valence electrons. The van der Waals surface area contributed by atoms with Gasteiger partial charge in [0.15, 0.2) is 0 Å². The second-order valence-corrected chi connectivity index (χ2v) is 7.27. The molecular weight excluding hydrogens is 498 g/mol. The predicted molar refractivity (Wildman–Crippen MR) is 123 cm³/mol. The minimum Gasteiger partial charge on any atom is -1.00 e. The summed E-state index contributed by atoms with van der Waals surface area (Å²) in [5.74, 6) is 0. The van der Waals surface area contributed by atoms with E-state index in [1.54, 1.807) is 0 Å². The van der Waals surface area contributed by atoms with Crippen molar-refractivity contribution >= 4 is 0 Å². The summed E-state index contributed by atoms with van der Waals surface area (Å²) in [5, 5.41) is 0. The molecule has 0 saturated carbocycles. The van der Waals surface area contributed by atoms with E-state index >= 15 is 0 Å². The molecule has 0 N–H and O–H groups in total. The van der Waals surface area contributed by atoms with Crippen molar-refractivity contribution in [1.82, 2.24) is 0 Å². The quantitative estimate of drug-likeness (QED) is 0.355. The van der Waals surface area contributed by atoms with Crippen molar-refractivity contribution in [2.75, 3.05) is 0 Å². The maximum atomic E-state index is 2.21. The molecule has 4 aromatic rings. The molecule has 4 aromatic carbocycles. The summed E-state index contributed by atoms with van der Waals surface area (Å²) < 4.78 is 0. The van der Waals surface area contributed by atoms with Crippen LogP contribution in [-0.4, -0.2) is 0 Å². The molecule has 0 nitrogen and oxygen atoms in total. The van der Waals surface area contributed by atoms with Crippen molar-refractivity contribution < 1.29 is 51.0 Å². The molecule has 31 heavy (non-hydrogen) atoms. The van der Waals surface area contributed by atoms with Gasteiger partial charge in [-0.05, 0) is 12.8 Å². The Labute approximate surface area is 219 Å². The van der Waals surface area contributed by atoms with Gasteiger partial charge >= 0.3 is 26.2 Å². The number of hydrogen-bond acceptors (Lipinski definition) is 0. The van der Waals surface area contributed by atoms with E-state index in [9.17, 15) is 0 Å². The third-order valence-corrected chi connectivity index (χ3v) is 5.44. The maximum absolute atomic E-state index is 2.21. The average molecular weight is 529 g/mol. The summed E-state index contributed by atoms with van der Waals surface area (Å²) in [7, 11) is 0. The van der Waals surface area contributed by atoms with Crippen molar-refractivity contribution in [3.63, 3.8) is 0 Å². The van der Waals surface area contributed by atoms with E-state index in [1.165, 1.54) is 44.5 Å². The van der Waals surface area contributed by atoms with E-state index in [-0.39, 0.29) is 51.0 Å².